The first-order valence-electron chi connectivity index (χ1n) is 10.8. The van der Waals surface area contributed by atoms with E-state index in [-0.39, 0.29) is 16.5 Å². The van der Waals surface area contributed by atoms with Gasteiger partial charge in [0, 0.05) is 41.9 Å². The number of thiocarbonyl (C=S) groups is 1. The van der Waals surface area contributed by atoms with Gasteiger partial charge in [0.15, 0.2) is 10.8 Å². The molecule has 2 N–H and O–H groups in total. The number of hydrogen-bond donors (Lipinski definition) is 2. The van der Waals surface area contributed by atoms with Crippen molar-refractivity contribution in [2.24, 2.45) is 0 Å². The first-order chi connectivity index (χ1) is 16.4. The summed E-state index contributed by atoms with van der Waals surface area (Å²) >= 11 is 17.4. The Labute approximate surface area is 210 Å². The van der Waals surface area contributed by atoms with Crippen molar-refractivity contribution in [3.63, 3.8) is 0 Å². The second-order valence-corrected chi connectivity index (χ2v) is 9.44. The van der Waals surface area contributed by atoms with Gasteiger partial charge in [0.2, 0.25) is 0 Å². The molecular weight excluding hydrogens is 496 g/mol. The van der Waals surface area contributed by atoms with Crippen LogP contribution in [0.5, 0.6) is 0 Å². The second-order valence-electron chi connectivity index (χ2n) is 8.21. The van der Waals surface area contributed by atoms with Gasteiger partial charge >= 0.3 is 0 Å². The molecule has 0 unspecified atom stereocenters. The molecule has 5 rings (SSSR count). The molecule has 1 fully saturated rings. The van der Waals surface area contributed by atoms with Crippen molar-refractivity contribution in [3.8, 4) is 11.3 Å². The van der Waals surface area contributed by atoms with Gasteiger partial charge in [-0.2, -0.15) is 0 Å². The van der Waals surface area contributed by atoms with Crippen LogP contribution in [-0.2, 0) is 0 Å². The summed E-state index contributed by atoms with van der Waals surface area (Å²) in [4.78, 5) is 19.6. The van der Waals surface area contributed by atoms with Crippen molar-refractivity contribution in [1.82, 2.24) is 19.5 Å². The fourth-order valence-corrected chi connectivity index (χ4v) is 4.76. The van der Waals surface area contributed by atoms with Crippen LogP contribution in [0.15, 0.2) is 59.4 Å². The van der Waals surface area contributed by atoms with Gasteiger partial charge in [0.05, 0.1) is 16.4 Å². The largest absolute Gasteiger partial charge is 0.349 e. The molecule has 0 aliphatic carbocycles. The Kier molecular flexibility index (Phi) is 6.29. The molecule has 10 heteroatoms. The molecule has 1 saturated heterocycles. The minimum Gasteiger partial charge on any atom is -0.349 e. The zero-order valence-corrected chi connectivity index (χ0v) is 20.2. The summed E-state index contributed by atoms with van der Waals surface area (Å²) < 4.78 is 14.8. The van der Waals surface area contributed by atoms with Crippen molar-refractivity contribution >= 4 is 51.9 Å². The van der Waals surface area contributed by atoms with Gasteiger partial charge in [-0.1, -0.05) is 35.3 Å². The minimum absolute atomic E-state index is 0.0447. The number of halogens is 3. The molecule has 0 bridgehead atoms. The Hall–Kier alpha value is -2.94. The topological polar surface area (TPSA) is 65.4 Å². The second kappa shape index (κ2) is 9.37. The van der Waals surface area contributed by atoms with E-state index in [0.717, 1.165) is 42.9 Å². The summed E-state index contributed by atoms with van der Waals surface area (Å²) in [6, 6.07) is 15.3. The van der Waals surface area contributed by atoms with Gasteiger partial charge < -0.3 is 10.2 Å². The molecule has 0 radical (unpaired) electrons. The normalized spacial score (nSPS) is 14.5. The van der Waals surface area contributed by atoms with Crippen LogP contribution < -0.4 is 10.9 Å². The number of likely N-dealkylation sites (tertiary alicyclic amines) is 1. The lowest BCUT2D eigenvalue weighted by atomic mass is 9.93. The van der Waals surface area contributed by atoms with Crippen LogP contribution >= 0.6 is 35.4 Å². The van der Waals surface area contributed by atoms with Crippen LogP contribution in [0.3, 0.4) is 0 Å². The summed E-state index contributed by atoms with van der Waals surface area (Å²) in [7, 11) is 0. The number of aromatic amines is 1. The fraction of sp³-hybridized carbons (Fsp3) is 0.208. The lowest BCUT2D eigenvalue weighted by Crippen LogP contribution is -2.40. The van der Waals surface area contributed by atoms with Crippen molar-refractivity contribution in [1.29, 1.82) is 0 Å². The van der Waals surface area contributed by atoms with Gasteiger partial charge in [0.1, 0.15) is 5.82 Å². The smallest absolute Gasteiger partial charge is 0.272 e. The number of piperidine rings is 1. The highest BCUT2D eigenvalue weighted by molar-refractivity contribution is 7.80. The molecule has 0 spiro atoms. The lowest BCUT2D eigenvalue weighted by molar-refractivity contribution is 0.314. The van der Waals surface area contributed by atoms with E-state index in [1.807, 2.05) is 30.3 Å². The number of fused-ring (bicyclic) bond motifs is 1. The fourth-order valence-electron chi connectivity index (χ4n) is 4.15. The highest BCUT2D eigenvalue weighted by atomic mass is 35.5. The number of nitrogens with zero attached hydrogens (tertiary/aromatic N) is 3. The number of hydrogen-bond acceptors (Lipinski definition) is 3. The number of nitrogens with one attached hydrogen (secondary N) is 2. The van der Waals surface area contributed by atoms with E-state index in [9.17, 15) is 9.18 Å². The third-order valence-corrected chi connectivity index (χ3v) is 6.90. The third kappa shape index (κ3) is 4.66. The molecular formula is C24H20Cl2FN5OS. The maximum Gasteiger partial charge on any atom is 0.272 e. The van der Waals surface area contributed by atoms with E-state index in [2.05, 4.69) is 15.3 Å². The van der Waals surface area contributed by atoms with E-state index in [1.54, 1.807) is 12.1 Å². The van der Waals surface area contributed by atoms with Crippen LogP contribution in [0, 0.1) is 5.82 Å². The number of anilines is 1. The number of benzene rings is 2. The zero-order valence-electron chi connectivity index (χ0n) is 17.9. The Balaban J connectivity index is 1.28. The Morgan fingerprint density at radius 2 is 1.82 bits per heavy atom. The molecule has 1 aliphatic rings. The predicted octanol–water partition coefficient (Wildman–Crippen LogP) is 5.71. The molecule has 0 amide bonds. The molecule has 2 aromatic carbocycles. The van der Waals surface area contributed by atoms with E-state index in [4.69, 9.17) is 40.4 Å². The van der Waals surface area contributed by atoms with Crippen molar-refractivity contribution in [2.75, 3.05) is 18.4 Å². The highest BCUT2D eigenvalue weighted by Crippen LogP contribution is 2.28. The number of rotatable bonds is 3. The van der Waals surface area contributed by atoms with Crippen molar-refractivity contribution in [3.05, 3.63) is 86.5 Å². The molecule has 34 heavy (non-hydrogen) atoms. The number of aromatic nitrogens is 3. The predicted molar refractivity (Wildman–Crippen MR) is 137 cm³/mol. The van der Waals surface area contributed by atoms with Crippen LogP contribution in [-0.4, -0.2) is 37.7 Å². The first kappa shape index (κ1) is 22.8. The van der Waals surface area contributed by atoms with Crippen LogP contribution in [0.25, 0.3) is 16.9 Å². The van der Waals surface area contributed by atoms with Gasteiger partial charge in [-0.05, 0) is 61.0 Å². The zero-order chi connectivity index (χ0) is 23.8. The SMILES string of the molecule is O=c1cc(C2CCN(C(=S)Nc3ccc(F)c(Cl)c3)CC2)nc2cc(-c3ccc(Cl)cc3)[nH]n12. The average Bonchev–Trinajstić information content (AvgIpc) is 3.27. The van der Waals surface area contributed by atoms with Gasteiger partial charge in [-0.25, -0.2) is 13.9 Å². The van der Waals surface area contributed by atoms with Crippen LogP contribution in [0.4, 0.5) is 10.1 Å². The van der Waals surface area contributed by atoms with Gasteiger partial charge in [0.25, 0.3) is 5.56 Å². The van der Waals surface area contributed by atoms with Crippen LogP contribution in [0.2, 0.25) is 10.0 Å². The molecule has 0 saturated carbocycles. The molecule has 2 aromatic heterocycles. The highest BCUT2D eigenvalue weighted by Gasteiger charge is 2.24. The van der Waals surface area contributed by atoms with Gasteiger partial charge in [-0.15, -0.1) is 0 Å². The average molecular weight is 516 g/mol. The van der Waals surface area contributed by atoms with E-state index in [1.165, 1.54) is 16.6 Å². The van der Waals surface area contributed by atoms with E-state index < -0.39 is 5.82 Å². The van der Waals surface area contributed by atoms with Gasteiger partial charge in [-0.3, -0.25) is 9.89 Å². The van der Waals surface area contributed by atoms with Crippen LogP contribution in [0.1, 0.15) is 24.5 Å². The van der Waals surface area contributed by atoms with E-state index >= 15 is 0 Å². The molecule has 4 aromatic rings. The summed E-state index contributed by atoms with van der Waals surface area (Å²) in [5, 5.41) is 7.48. The quantitative estimate of drug-likeness (QED) is 0.342. The summed E-state index contributed by atoms with van der Waals surface area (Å²) in [5.74, 6) is -0.312. The Morgan fingerprint density at radius 3 is 2.53 bits per heavy atom. The third-order valence-electron chi connectivity index (χ3n) is 6.00. The standard InChI is InChI=1S/C24H20Cl2FN5OS/c25-16-3-1-14(2-4-16)21-12-22-29-20(13-23(33)32(22)30-21)15-7-9-31(10-8-15)24(34)28-17-5-6-19(27)18(26)11-17/h1-6,11-13,15,30H,7-10H2,(H,28,34). The Bertz CT molecular complexity index is 1430. The molecule has 3 heterocycles. The Morgan fingerprint density at radius 1 is 1.09 bits per heavy atom. The summed E-state index contributed by atoms with van der Waals surface area (Å²) in [5.41, 5.74) is 3.59. The maximum atomic E-state index is 13.4. The molecule has 0 atom stereocenters. The maximum absolute atomic E-state index is 13.4. The van der Waals surface area contributed by atoms with Crippen molar-refractivity contribution < 1.29 is 4.39 Å². The molecule has 174 valence electrons. The summed E-state index contributed by atoms with van der Waals surface area (Å²) in [6.07, 6.45) is 1.62. The first-order valence-corrected chi connectivity index (χ1v) is 11.9. The monoisotopic (exact) mass is 515 g/mol. The molecule has 1 aliphatic heterocycles. The van der Waals surface area contributed by atoms with Crippen molar-refractivity contribution in [2.45, 2.75) is 18.8 Å². The lowest BCUT2D eigenvalue weighted by Gasteiger charge is -2.33. The number of H-pyrrole nitrogens is 1. The minimum atomic E-state index is -0.470. The summed E-state index contributed by atoms with van der Waals surface area (Å²) in [6.45, 7) is 1.44. The van der Waals surface area contributed by atoms with E-state index in [0.29, 0.717) is 21.5 Å². The molecule has 6 nitrogen and oxygen atoms in total.